The number of fused-ring (bicyclic) bond motifs is 1. The second kappa shape index (κ2) is 7.75. The molecule has 1 aliphatic heterocycles. The van der Waals surface area contributed by atoms with Crippen LogP contribution in [0.25, 0.3) is 0 Å². The van der Waals surface area contributed by atoms with E-state index in [1.165, 1.54) is 23.9 Å². The van der Waals surface area contributed by atoms with Crippen LogP contribution in [-0.4, -0.2) is 15.9 Å². The molecule has 2 heterocycles. The molecule has 1 amide bonds. The first-order chi connectivity index (χ1) is 13.9. The van der Waals surface area contributed by atoms with Crippen molar-refractivity contribution in [1.29, 1.82) is 0 Å². The van der Waals surface area contributed by atoms with E-state index in [9.17, 15) is 22.8 Å². The van der Waals surface area contributed by atoms with Gasteiger partial charge in [-0.05, 0) is 35.4 Å². The first-order valence-electron chi connectivity index (χ1n) is 8.66. The molecule has 1 aromatic heterocycles. The average Bonchev–Trinajstić information content (AvgIpc) is 2.66. The molecule has 148 valence electrons. The minimum Gasteiger partial charge on any atom is -0.310 e. The molecule has 29 heavy (non-hydrogen) atoms. The van der Waals surface area contributed by atoms with Gasteiger partial charge in [-0.2, -0.15) is 0 Å². The van der Waals surface area contributed by atoms with Crippen LogP contribution in [0.15, 0.2) is 52.4 Å². The maximum absolute atomic E-state index is 13.6. The lowest BCUT2D eigenvalue weighted by Gasteiger charge is -2.24. The highest BCUT2D eigenvalue weighted by molar-refractivity contribution is 7.98. The zero-order valence-corrected chi connectivity index (χ0v) is 15.7. The summed E-state index contributed by atoms with van der Waals surface area (Å²) in [5.74, 6) is -2.64. The maximum atomic E-state index is 13.6. The third kappa shape index (κ3) is 4.19. The van der Waals surface area contributed by atoms with Gasteiger partial charge in [0.2, 0.25) is 5.91 Å². The van der Waals surface area contributed by atoms with Gasteiger partial charge in [0, 0.05) is 24.2 Å². The van der Waals surface area contributed by atoms with Gasteiger partial charge >= 0.3 is 0 Å². The molecule has 1 aliphatic rings. The number of hydrogen-bond donors (Lipinski definition) is 2. The maximum Gasteiger partial charge on any atom is 0.257 e. The van der Waals surface area contributed by atoms with Gasteiger partial charge in [-0.1, -0.05) is 23.9 Å². The first kappa shape index (κ1) is 19.3. The van der Waals surface area contributed by atoms with E-state index in [1.54, 1.807) is 12.1 Å². The Morgan fingerprint density at radius 2 is 1.69 bits per heavy atom. The zero-order chi connectivity index (χ0) is 20.5. The molecule has 0 saturated carbocycles. The van der Waals surface area contributed by atoms with Gasteiger partial charge in [0.15, 0.2) is 5.16 Å². The molecular weight excluding hydrogens is 403 g/mol. The van der Waals surface area contributed by atoms with Crippen molar-refractivity contribution in [2.75, 3.05) is 5.32 Å². The van der Waals surface area contributed by atoms with Crippen LogP contribution >= 0.6 is 11.8 Å². The summed E-state index contributed by atoms with van der Waals surface area (Å²) in [7, 11) is 0. The molecule has 2 aromatic carbocycles. The van der Waals surface area contributed by atoms with E-state index < -0.39 is 29.0 Å². The number of H-pyrrole nitrogens is 1. The number of amides is 1. The average molecular weight is 417 g/mol. The van der Waals surface area contributed by atoms with Gasteiger partial charge in [-0.3, -0.25) is 9.59 Å². The van der Waals surface area contributed by atoms with Crippen molar-refractivity contribution in [3.8, 4) is 0 Å². The molecule has 1 atom stereocenters. The highest BCUT2D eigenvalue weighted by Crippen LogP contribution is 2.35. The number of benzene rings is 2. The van der Waals surface area contributed by atoms with E-state index in [2.05, 4.69) is 15.3 Å². The smallest absolute Gasteiger partial charge is 0.257 e. The number of nitrogens with one attached hydrogen (secondary N) is 2. The Hall–Kier alpha value is -3.07. The summed E-state index contributed by atoms with van der Waals surface area (Å²) in [5, 5.41) is 2.82. The molecule has 9 heteroatoms. The van der Waals surface area contributed by atoms with Crippen molar-refractivity contribution in [2.24, 2.45) is 0 Å². The summed E-state index contributed by atoms with van der Waals surface area (Å²) in [4.78, 5) is 31.8. The van der Waals surface area contributed by atoms with Gasteiger partial charge in [0.05, 0.1) is 5.56 Å². The Balaban J connectivity index is 1.66. The van der Waals surface area contributed by atoms with E-state index in [0.29, 0.717) is 5.75 Å². The number of rotatable bonds is 4. The van der Waals surface area contributed by atoms with E-state index >= 15 is 0 Å². The van der Waals surface area contributed by atoms with Gasteiger partial charge in [-0.25, -0.2) is 18.2 Å². The highest BCUT2D eigenvalue weighted by Gasteiger charge is 2.31. The topological polar surface area (TPSA) is 74.8 Å². The van der Waals surface area contributed by atoms with Crippen LogP contribution in [0.2, 0.25) is 0 Å². The lowest BCUT2D eigenvalue weighted by atomic mass is 9.87. The molecule has 0 radical (unpaired) electrons. The standard InChI is InChI=1S/C20H14F3N3O2S/c21-12-3-1-10(2-4-12)9-29-20-25-18-17(19(28)26-20)15(8-16(27)24-18)11-5-13(22)7-14(23)6-11/h1-7,15H,8-9H2,(H2,24,25,26,27,28). The normalized spacial score (nSPS) is 15.7. The van der Waals surface area contributed by atoms with Crippen LogP contribution in [0, 0.1) is 17.5 Å². The summed E-state index contributed by atoms with van der Waals surface area (Å²) >= 11 is 1.21. The molecule has 0 bridgehead atoms. The molecule has 3 aromatic rings. The Labute approximate surface area is 167 Å². The predicted molar refractivity (Wildman–Crippen MR) is 102 cm³/mol. The van der Waals surface area contributed by atoms with E-state index in [-0.39, 0.29) is 34.3 Å². The number of nitrogens with zero attached hydrogens (tertiary/aromatic N) is 1. The zero-order valence-electron chi connectivity index (χ0n) is 14.8. The number of aromatic amines is 1. The number of halogens is 3. The fourth-order valence-corrected chi connectivity index (χ4v) is 4.03. The van der Waals surface area contributed by atoms with Crippen molar-refractivity contribution in [1.82, 2.24) is 9.97 Å². The summed E-state index contributed by atoms with van der Waals surface area (Å²) in [6, 6.07) is 8.85. The molecule has 5 nitrogen and oxygen atoms in total. The quantitative estimate of drug-likeness (QED) is 0.498. The summed E-state index contributed by atoms with van der Waals surface area (Å²) in [6.07, 6.45) is -0.122. The molecule has 4 rings (SSSR count). The monoisotopic (exact) mass is 417 g/mol. The fourth-order valence-electron chi connectivity index (χ4n) is 3.21. The number of thioether (sulfide) groups is 1. The first-order valence-corrected chi connectivity index (χ1v) is 9.65. The Bertz CT molecular complexity index is 1130. The van der Waals surface area contributed by atoms with Crippen molar-refractivity contribution in [3.63, 3.8) is 0 Å². The van der Waals surface area contributed by atoms with Crippen LogP contribution in [-0.2, 0) is 10.5 Å². The molecule has 0 fully saturated rings. The van der Waals surface area contributed by atoms with Gasteiger partial charge < -0.3 is 10.3 Å². The Morgan fingerprint density at radius 1 is 1.00 bits per heavy atom. The molecular formula is C20H14F3N3O2S. The number of anilines is 1. The minimum atomic E-state index is -0.809. The number of hydrogen-bond acceptors (Lipinski definition) is 4. The third-order valence-corrected chi connectivity index (χ3v) is 5.45. The Kier molecular flexibility index (Phi) is 5.14. The summed E-state index contributed by atoms with van der Waals surface area (Å²) in [5.41, 5.74) is 0.679. The Morgan fingerprint density at radius 3 is 2.38 bits per heavy atom. The second-order valence-corrected chi connectivity index (χ2v) is 7.52. The summed E-state index contributed by atoms with van der Waals surface area (Å²) in [6.45, 7) is 0. The molecule has 2 N–H and O–H groups in total. The van der Waals surface area contributed by atoms with Gasteiger partial charge in [0.25, 0.3) is 5.56 Å². The van der Waals surface area contributed by atoms with Crippen molar-refractivity contribution in [2.45, 2.75) is 23.2 Å². The van der Waals surface area contributed by atoms with E-state index in [4.69, 9.17) is 0 Å². The SMILES string of the molecule is O=C1CC(c2cc(F)cc(F)c2)c2c(nc(SCc3ccc(F)cc3)[nH]c2=O)N1. The molecule has 1 unspecified atom stereocenters. The fraction of sp³-hybridized carbons (Fsp3) is 0.150. The highest BCUT2D eigenvalue weighted by atomic mass is 32.2. The van der Waals surface area contributed by atoms with E-state index in [0.717, 1.165) is 23.8 Å². The molecule has 0 saturated heterocycles. The van der Waals surface area contributed by atoms with Crippen LogP contribution in [0.1, 0.15) is 29.0 Å². The molecule has 0 aliphatic carbocycles. The van der Waals surface area contributed by atoms with Crippen molar-refractivity contribution < 1.29 is 18.0 Å². The predicted octanol–water partition coefficient (Wildman–Crippen LogP) is 3.95. The van der Waals surface area contributed by atoms with Gasteiger partial charge in [-0.15, -0.1) is 0 Å². The second-order valence-electron chi connectivity index (χ2n) is 6.56. The van der Waals surface area contributed by atoms with Crippen LogP contribution in [0.5, 0.6) is 0 Å². The number of carbonyl (C=O) groups is 1. The van der Waals surface area contributed by atoms with E-state index in [1.807, 2.05) is 0 Å². The van der Waals surface area contributed by atoms with Crippen molar-refractivity contribution >= 4 is 23.5 Å². The number of carbonyl (C=O) groups excluding carboxylic acids is 1. The summed E-state index contributed by atoms with van der Waals surface area (Å²) < 4.78 is 40.3. The van der Waals surface area contributed by atoms with Crippen LogP contribution in [0.4, 0.5) is 19.0 Å². The van der Waals surface area contributed by atoms with Crippen LogP contribution in [0.3, 0.4) is 0 Å². The molecule has 0 spiro atoms. The lowest BCUT2D eigenvalue weighted by Crippen LogP contribution is -2.31. The van der Waals surface area contributed by atoms with Crippen LogP contribution < -0.4 is 10.9 Å². The number of aromatic nitrogens is 2. The third-order valence-electron chi connectivity index (χ3n) is 4.51. The largest absolute Gasteiger partial charge is 0.310 e. The minimum absolute atomic E-state index is 0.0706. The van der Waals surface area contributed by atoms with Gasteiger partial charge in [0.1, 0.15) is 23.3 Å². The van der Waals surface area contributed by atoms with Crippen molar-refractivity contribution in [3.05, 3.63) is 87.0 Å². The lowest BCUT2D eigenvalue weighted by molar-refractivity contribution is -0.116.